The van der Waals surface area contributed by atoms with E-state index in [-0.39, 0.29) is 12.5 Å². The van der Waals surface area contributed by atoms with Gasteiger partial charge in [0.2, 0.25) is 0 Å². The molecule has 2 radical (unpaired) electrons. The molecule has 0 aliphatic heterocycles. The van der Waals surface area contributed by atoms with Crippen LogP contribution in [-0.2, 0) is 0 Å². The molecule has 3 saturated carbocycles. The highest BCUT2D eigenvalue weighted by atomic mass is 32.1. The lowest BCUT2D eigenvalue weighted by atomic mass is 9.44. The van der Waals surface area contributed by atoms with Crippen molar-refractivity contribution in [3.63, 3.8) is 0 Å². The molecule has 0 saturated heterocycles. The molecule has 3 aliphatic carbocycles. The van der Waals surface area contributed by atoms with Crippen LogP contribution >= 0.6 is 23.6 Å². The molecule has 6 nitrogen and oxygen atoms in total. The maximum absolute atomic E-state index is 11.3. The van der Waals surface area contributed by atoms with Gasteiger partial charge in [-0.3, -0.25) is 0 Å². The molecule has 1 aromatic carbocycles. The quantitative estimate of drug-likeness (QED) is 0.418. The van der Waals surface area contributed by atoms with Crippen LogP contribution in [0.2, 0.25) is 5.31 Å². The number of rotatable bonds is 5. The fourth-order valence-corrected chi connectivity index (χ4v) is 5.88. The molecule has 0 amide bonds. The summed E-state index contributed by atoms with van der Waals surface area (Å²) < 4.78 is 5.22. The number of fused-ring (bicyclic) bond motifs is 3. The number of hydrogen-bond donors (Lipinski definition) is 4. The zero-order chi connectivity index (χ0) is 21.5. The number of thiazole rings is 1. The Morgan fingerprint density at radius 2 is 2.03 bits per heavy atom. The maximum atomic E-state index is 11.3. The average Bonchev–Trinajstić information content (AvgIpc) is 3.11. The lowest BCUT2D eigenvalue weighted by Gasteiger charge is -2.59. The summed E-state index contributed by atoms with van der Waals surface area (Å²) in [5, 5.41) is 18.2. The first kappa shape index (κ1) is 21.6. The van der Waals surface area contributed by atoms with Crippen molar-refractivity contribution in [2.75, 3.05) is 19.0 Å². The number of ether oxygens (including phenoxy) is 1. The first-order valence-electron chi connectivity index (χ1n) is 10.2. The Balaban J connectivity index is 1.40. The van der Waals surface area contributed by atoms with Crippen molar-refractivity contribution in [2.24, 2.45) is 11.7 Å². The Hall–Kier alpha value is -1.68. The van der Waals surface area contributed by atoms with Crippen LogP contribution in [0.1, 0.15) is 30.6 Å². The first-order chi connectivity index (χ1) is 14.2. The van der Waals surface area contributed by atoms with Crippen LogP contribution in [-0.4, -0.2) is 48.3 Å². The minimum atomic E-state index is -1.05. The Morgan fingerprint density at radius 3 is 2.67 bits per heavy atom. The van der Waals surface area contributed by atoms with Gasteiger partial charge in [-0.15, -0.1) is 11.3 Å². The van der Waals surface area contributed by atoms with E-state index in [1.54, 1.807) is 7.11 Å². The summed E-state index contributed by atoms with van der Waals surface area (Å²) >= 11 is 6.99. The molecule has 2 unspecified atom stereocenters. The van der Waals surface area contributed by atoms with Crippen LogP contribution in [0.15, 0.2) is 24.3 Å². The minimum Gasteiger partial charge on any atom is -0.497 e. The number of aryl methyl sites for hydroxylation is 1. The van der Waals surface area contributed by atoms with Gasteiger partial charge in [0.25, 0.3) is 0 Å². The van der Waals surface area contributed by atoms with E-state index in [4.69, 9.17) is 30.5 Å². The SMILES string of the molecule is [B]C12CCC(CC1)C(O)(CNC(=S)Nc1nc(-c3ccc(OC)cc3)c(C)s1)C2N. The van der Waals surface area contributed by atoms with Gasteiger partial charge in [0, 0.05) is 23.0 Å². The summed E-state index contributed by atoms with van der Waals surface area (Å²) in [5.74, 6) is 0.958. The van der Waals surface area contributed by atoms with Gasteiger partial charge >= 0.3 is 0 Å². The first-order valence-corrected chi connectivity index (χ1v) is 11.4. The predicted octanol–water partition coefficient (Wildman–Crippen LogP) is 3.00. The third-order valence-corrected chi connectivity index (χ3v) is 7.83. The molecule has 30 heavy (non-hydrogen) atoms. The van der Waals surface area contributed by atoms with E-state index in [1.165, 1.54) is 11.3 Å². The maximum Gasteiger partial charge on any atom is 0.189 e. The molecule has 1 aromatic heterocycles. The predicted molar refractivity (Wildman–Crippen MR) is 126 cm³/mol. The largest absolute Gasteiger partial charge is 0.497 e. The molecular formula is C21H27BN4O2S2. The second kappa shape index (κ2) is 8.11. The van der Waals surface area contributed by atoms with E-state index in [1.807, 2.05) is 31.2 Å². The van der Waals surface area contributed by atoms with Crippen molar-refractivity contribution in [3.8, 4) is 17.0 Å². The van der Waals surface area contributed by atoms with E-state index >= 15 is 0 Å². The van der Waals surface area contributed by atoms with Crippen molar-refractivity contribution < 1.29 is 9.84 Å². The Bertz CT molecular complexity index is 928. The molecule has 5 N–H and O–H groups in total. The fourth-order valence-electron chi connectivity index (χ4n) is 4.80. The number of hydrogen-bond acceptors (Lipinski definition) is 6. The summed E-state index contributed by atoms with van der Waals surface area (Å²) in [6.07, 6.45) is 3.55. The summed E-state index contributed by atoms with van der Waals surface area (Å²) in [4.78, 5) is 5.77. The van der Waals surface area contributed by atoms with Crippen molar-refractivity contribution in [2.45, 2.75) is 49.6 Å². The van der Waals surface area contributed by atoms with Crippen molar-refractivity contribution >= 4 is 41.6 Å². The molecule has 5 rings (SSSR count). The summed E-state index contributed by atoms with van der Waals surface area (Å²) in [6.45, 7) is 2.30. The number of methoxy groups -OCH3 is 1. The summed E-state index contributed by atoms with van der Waals surface area (Å²) in [5.41, 5.74) is 7.25. The zero-order valence-corrected chi connectivity index (χ0v) is 18.9. The van der Waals surface area contributed by atoms with Gasteiger partial charge < -0.3 is 26.2 Å². The number of thiocarbonyl (C=S) groups is 1. The molecule has 3 fully saturated rings. The highest BCUT2D eigenvalue weighted by molar-refractivity contribution is 7.80. The number of nitrogens with zero attached hydrogens (tertiary/aromatic N) is 1. The third-order valence-electron chi connectivity index (χ3n) is 6.69. The van der Waals surface area contributed by atoms with Gasteiger partial charge in [0.15, 0.2) is 10.2 Å². The van der Waals surface area contributed by atoms with Gasteiger partial charge in [-0.25, -0.2) is 4.98 Å². The average molecular weight is 442 g/mol. The van der Waals surface area contributed by atoms with Gasteiger partial charge in [-0.05, 0) is 67.5 Å². The second-order valence-corrected chi connectivity index (χ2v) is 10.0. The molecule has 0 spiro atoms. The standard InChI is InChI=1S/C21H27BN4O2S2/c1-12-16(13-3-5-15(28-2)6-4-13)25-19(30-12)26-18(29)24-11-21(27)14-7-9-20(22,10-8-14)17(21)23/h3-6,14,17,27H,7-11,23H2,1-2H3,(H2,24,25,26,29). The second-order valence-electron chi connectivity index (χ2n) is 8.44. The van der Waals surface area contributed by atoms with E-state index in [0.717, 1.165) is 47.6 Å². The Labute approximate surface area is 188 Å². The van der Waals surface area contributed by atoms with E-state index < -0.39 is 17.0 Å². The van der Waals surface area contributed by atoms with E-state index in [9.17, 15) is 5.11 Å². The number of aromatic nitrogens is 1. The number of anilines is 1. The highest BCUT2D eigenvalue weighted by Crippen LogP contribution is 2.56. The molecule has 158 valence electrons. The van der Waals surface area contributed by atoms with Crippen LogP contribution < -0.4 is 21.1 Å². The molecule has 9 heteroatoms. The van der Waals surface area contributed by atoms with Crippen molar-refractivity contribution in [1.29, 1.82) is 0 Å². The van der Waals surface area contributed by atoms with Crippen molar-refractivity contribution in [1.82, 2.24) is 10.3 Å². The molecule has 1 heterocycles. The van der Waals surface area contributed by atoms with Crippen molar-refractivity contribution in [3.05, 3.63) is 29.1 Å². The van der Waals surface area contributed by atoms with E-state index in [2.05, 4.69) is 15.6 Å². The summed E-state index contributed by atoms with van der Waals surface area (Å²) in [7, 11) is 8.11. The van der Waals surface area contributed by atoms with Gasteiger partial charge in [0.1, 0.15) is 5.75 Å². The molecule has 2 aromatic rings. The van der Waals surface area contributed by atoms with Gasteiger partial charge in [0.05, 0.1) is 26.3 Å². The van der Waals surface area contributed by atoms with Crippen LogP contribution in [0.3, 0.4) is 0 Å². The zero-order valence-electron chi connectivity index (χ0n) is 17.3. The molecule has 2 bridgehead atoms. The van der Waals surface area contributed by atoms with Crippen LogP contribution in [0.4, 0.5) is 5.13 Å². The summed E-state index contributed by atoms with van der Waals surface area (Å²) in [6, 6.07) is 7.34. The minimum absolute atomic E-state index is 0.150. The van der Waals surface area contributed by atoms with Crippen LogP contribution in [0.5, 0.6) is 5.75 Å². The third kappa shape index (κ3) is 3.84. The number of nitrogens with one attached hydrogen (secondary N) is 2. The van der Waals surface area contributed by atoms with Gasteiger partial charge in [-0.1, -0.05) is 12.8 Å². The molecule has 3 aliphatic rings. The molecular weight excluding hydrogens is 415 g/mol. The van der Waals surface area contributed by atoms with E-state index in [0.29, 0.717) is 10.2 Å². The number of nitrogens with two attached hydrogens (primary N) is 1. The van der Waals surface area contributed by atoms with Crippen LogP contribution in [0.25, 0.3) is 11.3 Å². The number of aliphatic hydroxyl groups is 1. The fraction of sp³-hybridized carbons (Fsp3) is 0.524. The van der Waals surface area contributed by atoms with Crippen LogP contribution in [0, 0.1) is 12.8 Å². The molecule has 2 atom stereocenters. The topological polar surface area (TPSA) is 92.4 Å². The monoisotopic (exact) mass is 442 g/mol. The lowest BCUT2D eigenvalue weighted by Crippen LogP contribution is -2.68. The number of benzene rings is 1. The Morgan fingerprint density at radius 1 is 1.37 bits per heavy atom. The Kier molecular flexibility index (Phi) is 5.83. The normalized spacial score (nSPS) is 30.1. The smallest absolute Gasteiger partial charge is 0.189 e. The lowest BCUT2D eigenvalue weighted by molar-refractivity contribution is -0.104. The highest BCUT2D eigenvalue weighted by Gasteiger charge is 2.56. The van der Waals surface area contributed by atoms with Gasteiger partial charge in [-0.2, -0.15) is 0 Å².